The lowest BCUT2D eigenvalue weighted by Crippen LogP contribution is -2.37. The van der Waals surface area contributed by atoms with Crippen molar-refractivity contribution in [2.45, 2.75) is 0 Å². The Hall–Kier alpha value is -2.60. The maximum Gasteiger partial charge on any atom is 0.183 e. The molecule has 1 fully saturated rings. The molecule has 0 spiro atoms. The van der Waals surface area contributed by atoms with Crippen LogP contribution < -0.4 is 4.90 Å². The minimum Gasteiger partial charge on any atom is -0.378 e. The van der Waals surface area contributed by atoms with E-state index in [4.69, 9.17) is 4.74 Å². The van der Waals surface area contributed by atoms with Gasteiger partial charge in [-0.2, -0.15) is 0 Å². The highest BCUT2D eigenvalue weighted by Gasteiger charge is 2.18. The van der Waals surface area contributed by atoms with Gasteiger partial charge in [0.05, 0.1) is 19.4 Å². The Balaban J connectivity index is 1.82. The molecule has 2 aromatic heterocycles. The summed E-state index contributed by atoms with van der Waals surface area (Å²) in [6.07, 6.45) is 4.77. The summed E-state index contributed by atoms with van der Waals surface area (Å²) in [5.41, 5.74) is 0.874. The van der Waals surface area contributed by atoms with E-state index in [1.165, 1.54) is 6.20 Å². The van der Waals surface area contributed by atoms with Crippen LogP contribution in [0.2, 0.25) is 0 Å². The minimum atomic E-state index is -0.405. The highest BCUT2D eigenvalue weighted by Crippen LogP contribution is 2.27. The van der Waals surface area contributed by atoms with Gasteiger partial charge in [-0.05, 0) is 11.5 Å². The number of anilines is 1. The zero-order valence-corrected chi connectivity index (χ0v) is 12.4. The zero-order valence-electron chi connectivity index (χ0n) is 12.4. The molecule has 0 N–H and O–H groups in total. The standard InChI is InChI=1S/C17H15FN4O/c18-15-11-20-16(21-17(15)22-6-8-23-9-7-22)14-3-1-2-12-10-19-5-4-13(12)14/h1-5,10-11H,6-9H2. The summed E-state index contributed by atoms with van der Waals surface area (Å²) in [4.78, 5) is 14.7. The summed E-state index contributed by atoms with van der Waals surface area (Å²) in [5, 5.41) is 2.01. The van der Waals surface area contributed by atoms with Crippen LogP contribution in [0.25, 0.3) is 22.2 Å². The highest BCUT2D eigenvalue weighted by atomic mass is 19.1. The third-order valence-corrected chi connectivity index (χ3v) is 3.96. The first-order valence-electron chi connectivity index (χ1n) is 7.51. The summed E-state index contributed by atoms with van der Waals surface area (Å²) >= 11 is 0. The van der Waals surface area contributed by atoms with E-state index in [0.717, 1.165) is 16.3 Å². The summed E-state index contributed by atoms with van der Waals surface area (Å²) in [7, 11) is 0. The lowest BCUT2D eigenvalue weighted by molar-refractivity contribution is 0.122. The average Bonchev–Trinajstić information content (AvgIpc) is 2.62. The van der Waals surface area contributed by atoms with Gasteiger partial charge < -0.3 is 9.64 Å². The van der Waals surface area contributed by atoms with Gasteiger partial charge in [-0.25, -0.2) is 14.4 Å². The van der Waals surface area contributed by atoms with Crippen molar-refractivity contribution in [2.75, 3.05) is 31.2 Å². The summed E-state index contributed by atoms with van der Waals surface area (Å²) in [5.74, 6) is 0.451. The van der Waals surface area contributed by atoms with Gasteiger partial charge >= 0.3 is 0 Å². The first-order valence-corrected chi connectivity index (χ1v) is 7.51. The third kappa shape index (κ3) is 2.61. The molecule has 6 heteroatoms. The van der Waals surface area contributed by atoms with Crippen LogP contribution in [-0.4, -0.2) is 41.3 Å². The molecule has 116 valence electrons. The fourth-order valence-corrected chi connectivity index (χ4v) is 2.80. The van der Waals surface area contributed by atoms with Crippen molar-refractivity contribution in [3.63, 3.8) is 0 Å². The molecule has 0 radical (unpaired) electrons. The average molecular weight is 310 g/mol. The van der Waals surface area contributed by atoms with Crippen LogP contribution in [0.15, 0.2) is 42.9 Å². The molecule has 0 bridgehead atoms. The van der Waals surface area contributed by atoms with Gasteiger partial charge in [0, 0.05) is 36.4 Å². The van der Waals surface area contributed by atoms with Crippen molar-refractivity contribution in [3.8, 4) is 11.4 Å². The Kier molecular flexibility index (Phi) is 3.59. The van der Waals surface area contributed by atoms with E-state index in [0.29, 0.717) is 37.9 Å². The predicted octanol–water partition coefficient (Wildman–Crippen LogP) is 2.67. The number of hydrogen-bond acceptors (Lipinski definition) is 5. The first-order chi connectivity index (χ1) is 11.3. The molecule has 0 saturated carbocycles. The van der Waals surface area contributed by atoms with Crippen LogP contribution in [0.4, 0.5) is 10.2 Å². The van der Waals surface area contributed by atoms with Gasteiger partial charge in [-0.15, -0.1) is 0 Å². The molecule has 1 saturated heterocycles. The van der Waals surface area contributed by atoms with E-state index in [1.807, 2.05) is 29.2 Å². The molecule has 23 heavy (non-hydrogen) atoms. The molecule has 0 aliphatic carbocycles. The number of rotatable bonds is 2. The number of hydrogen-bond donors (Lipinski definition) is 0. The largest absolute Gasteiger partial charge is 0.378 e. The molecule has 3 aromatic rings. The quantitative estimate of drug-likeness (QED) is 0.728. The van der Waals surface area contributed by atoms with E-state index >= 15 is 0 Å². The summed E-state index contributed by atoms with van der Waals surface area (Å²) in [6.45, 7) is 2.43. The van der Waals surface area contributed by atoms with Crippen molar-refractivity contribution < 1.29 is 9.13 Å². The SMILES string of the molecule is Fc1cnc(-c2cccc3cnccc23)nc1N1CCOCC1. The van der Waals surface area contributed by atoms with Gasteiger partial charge in [0.25, 0.3) is 0 Å². The van der Waals surface area contributed by atoms with Gasteiger partial charge in [0.2, 0.25) is 0 Å². The van der Waals surface area contributed by atoms with Gasteiger partial charge in [-0.1, -0.05) is 18.2 Å². The molecule has 0 unspecified atom stereocenters. The van der Waals surface area contributed by atoms with Gasteiger partial charge in [-0.3, -0.25) is 4.98 Å². The fraction of sp³-hybridized carbons (Fsp3) is 0.235. The van der Waals surface area contributed by atoms with Crippen LogP contribution in [0.5, 0.6) is 0 Å². The van der Waals surface area contributed by atoms with E-state index in [2.05, 4.69) is 15.0 Å². The third-order valence-electron chi connectivity index (χ3n) is 3.96. The van der Waals surface area contributed by atoms with Crippen molar-refractivity contribution in [1.29, 1.82) is 0 Å². The molecule has 0 amide bonds. The Labute approximate surface area is 132 Å². The molecule has 1 aromatic carbocycles. The first kappa shape index (κ1) is 14.0. The normalized spacial score (nSPS) is 15.1. The number of ether oxygens (including phenoxy) is 1. The smallest absolute Gasteiger partial charge is 0.183 e. The Morgan fingerprint density at radius 3 is 2.83 bits per heavy atom. The van der Waals surface area contributed by atoms with Crippen LogP contribution in [0.1, 0.15) is 0 Å². The molecule has 4 rings (SSSR count). The number of benzene rings is 1. The van der Waals surface area contributed by atoms with Crippen molar-refractivity contribution in [3.05, 3.63) is 48.7 Å². The number of pyridine rings is 1. The molecule has 1 aliphatic rings. The molecule has 0 atom stereocenters. The number of morpholine rings is 1. The molecular weight excluding hydrogens is 295 g/mol. The topological polar surface area (TPSA) is 51.1 Å². The Morgan fingerprint density at radius 1 is 1.09 bits per heavy atom. The van der Waals surface area contributed by atoms with Crippen LogP contribution in [0.3, 0.4) is 0 Å². The molecule has 3 heterocycles. The fourth-order valence-electron chi connectivity index (χ4n) is 2.80. The van der Waals surface area contributed by atoms with Gasteiger partial charge in [0.15, 0.2) is 17.5 Å². The minimum absolute atomic E-state index is 0.337. The molecule has 5 nitrogen and oxygen atoms in total. The monoisotopic (exact) mass is 310 g/mol. The number of aromatic nitrogens is 3. The number of fused-ring (bicyclic) bond motifs is 1. The second kappa shape index (κ2) is 5.89. The van der Waals surface area contributed by atoms with E-state index in [-0.39, 0.29) is 0 Å². The lowest BCUT2D eigenvalue weighted by atomic mass is 10.1. The lowest BCUT2D eigenvalue weighted by Gasteiger charge is -2.28. The highest BCUT2D eigenvalue weighted by molar-refractivity contribution is 5.94. The number of nitrogens with zero attached hydrogens (tertiary/aromatic N) is 4. The second-order valence-electron chi connectivity index (χ2n) is 5.37. The summed E-state index contributed by atoms with van der Waals surface area (Å²) < 4.78 is 19.5. The Morgan fingerprint density at radius 2 is 1.96 bits per heavy atom. The summed E-state index contributed by atoms with van der Waals surface area (Å²) in [6, 6.07) is 7.78. The van der Waals surface area contributed by atoms with Crippen molar-refractivity contribution in [1.82, 2.24) is 15.0 Å². The molecular formula is C17H15FN4O. The van der Waals surface area contributed by atoms with E-state index in [1.54, 1.807) is 12.4 Å². The van der Waals surface area contributed by atoms with Crippen molar-refractivity contribution in [2.24, 2.45) is 0 Å². The second-order valence-corrected chi connectivity index (χ2v) is 5.37. The van der Waals surface area contributed by atoms with Crippen LogP contribution in [-0.2, 0) is 4.74 Å². The van der Waals surface area contributed by atoms with Crippen molar-refractivity contribution >= 4 is 16.6 Å². The maximum absolute atomic E-state index is 14.2. The zero-order chi connectivity index (χ0) is 15.6. The Bertz CT molecular complexity index is 844. The molecule has 1 aliphatic heterocycles. The number of halogens is 1. The van der Waals surface area contributed by atoms with Gasteiger partial charge in [0.1, 0.15) is 0 Å². The van der Waals surface area contributed by atoms with Crippen LogP contribution in [0, 0.1) is 5.82 Å². The van der Waals surface area contributed by atoms with E-state index < -0.39 is 5.82 Å². The van der Waals surface area contributed by atoms with Crippen LogP contribution >= 0.6 is 0 Å². The van der Waals surface area contributed by atoms with E-state index in [9.17, 15) is 4.39 Å². The predicted molar refractivity (Wildman–Crippen MR) is 85.8 cm³/mol. The maximum atomic E-state index is 14.2.